The number of sulfonamides is 1. The first-order chi connectivity index (χ1) is 9.30. The predicted octanol–water partition coefficient (Wildman–Crippen LogP) is 3.11. The van der Waals surface area contributed by atoms with Crippen LogP contribution in [0.1, 0.15) is 26.7 Å². The fraction of sp³-hybridized carbons (Fsp3) is 0.538. The molecule has 0 bridgehead atoms. The number of nitrogens with one attached hydrogen (secondary N) is 2. The third kappa shape index (κ3) is 6.67. The molecule has 0 aliphatic rings. The quantitative estimate of drug-likeness (QED) is 0.695. The van der Waals surface area contributed by atoms with Gasteiger partial charge in [0.25, 0.3) is 0 Å². The van der Waals surface area contributed by atoms with Crippen LogP contribution in [-0.4, -0.2) is 26.8 Å². The van der Waals surface area contributed by atoms with Crippen LogP contribution in [0.15, 0.2) is 22.7 Å². The molecule has 0 atom stereocenters. The summed E-state index contributed by atoms with van der Waals surface area (Å²) in [6.07, 6.45) is 1.30. The standard InChI is InChI=1S/C13H20BrFN2O2S/c1-10(2)16-7-3-4-8-20(18,19)17-13-6-5-11(14)9-12(13)15/h5-6,9-10,16-17H,3-4,7-8H2,1-2H3. The van der Waals surface area contributed by atoms with Crippen LogP contribution in [0.2, 0.25) is 0 Å². The fourth-order valence-electron chi connectivity index (χ4n) is 1.60. The van der Waals surface area contributed by atoms with E-state index >= 15 is 0 Å². The molecule has 4 nitrogen and oxygen atoms in total. The van der Waals surface area contributed by atoms with E-state index in [1.54, 1.807) is 6.07 Å². The molecule has 0 unspecified atom stereocenters. The maximum Gasteiger partial charge on any atom is 0.232 e. The lowest BCUT2D eigenvalue weighted by Gasteiger charge is -2.10. The van der Waals surface area contributed by atoms with Crippen molar-refractivity contribution in [1.82, 2.24) is 5.32 Å². The highest BCUT2D eigenvalue weighted by atomic mass is 79.9. The Labute approximate surface area is 128 Å². The number of unbranched alkanes of at least 4 members (excludes halogenated alkanes) is 1. The van der Waals surface area contributed by atoms with Crippen LogP contribution in [0.4, 0.5) is 10.1 Å². The molecule has 0 radical (unpaired) electrons. The van der Waals surface area contributed by atoms with E-state index in [1.165, 1.54) is 12.1 Å². The fourth-order valence-corrected chi connectivity index (χ4v) is 3.12. The summed E-state index contributed by atoms with van der Waals surface area (Å²) in [5.74, 6) is -0.605. The Morgan fingerprint density at radius 1 is 1.30 bits per heavy atom. The van der Waals surface area contributed by atoms with Gasteiger partial charge in [-0.3, -0.25) is 4.72 Å². The minimum absolute atomic E-state index is 0.0116. The SMILES string of the molecule is CC(C)NCCCCS(=O)(=O)Nc1ccc(Br)cc1F. The molecule has 0 saturated carbocycles. The molecule has 0 aliphatic carbocycles. The number of hydrogen-bond donors (Lipinski definition) is 2. The summed E-state index contributed by atoms with van der Waals surface area (Å²) in [6.45, 7) is 4.85. The van der Waals surface area contributed by atoms with Crippen LogP contribution in [0.5, 0.6) is 0 Å². The Hall–Kier alpha value is -0.660. The van der Waals surface area contributed by atoms with E-state index in [-0.39, 0.29) is 11.4 Å². The van der Waals surface area contributed by atoms with Crippen LogP contribution in [0.25, 0.3) is 0 Å². The molecule has 0 aromatic heterocycles. The van der Waals surface area contributed by atoms with Crippen molar-refractivity contribution in [2.75, 3.05) is 17.0 Å². The zero-order chi connectivity index (χ0) is 15.2. The highest BCUT2D eigenvalue weighted by Gasteiger charge is 2.13. The van der Waals surface area contributed by atoms with Crippen LogP contribution >= 0.6 is 15.9 Å². The highest BCUT2D eigenvalue weighted by Crippen LogP contribution is 2.20. The number of hydrogen-bond acceptors (Lipinski definition) is 3. The number of benzene rings is 1. The van der Waals surface area contributed by atoms with Gasteiger partial charge in [0.1, 0.15) is 5.82 Å². The lowest BCUT2D eigenvalue weighted by molar-refractivity contribution is 0.560. The normalized spacial score (nSPS) is 11.8. The van der Waals surface area contributed by atoms with E-state index in [0.29, 0.717) is 16.9 Å². The molecule has 2 N–H and O–H groups in total. The zero-order valence-corrected chi connectivity index (χ0v) is 14.0. The molecule has 0 fully saturated rings. The molecule has 7 heteroatoms. The molecule has 0 heterocycles. The van der Waals surface area contributed by atoms with Gasteiger partial charge in [-0.25, -0.2) is 12.8 Å². The molecule has 0 aliphatic heterocycles. The van der Waals surface area contributed by atoms with E-state index in [1.807, 2.05) is 13.8 Å². The lowest BCUT2D eigenvalue weighted by Crippen LogP contribution is -2.24. The van der Waals surface area contributed by atoms with Gasteiger partial charge in [-0.05, 0) is 37.6 Å². The Kier molecular flexibility index (Phi) is 6.91. The van der Waals surface area contributed by atoms with E-state index in [2.05, 4.69) is 26.0 Å². The van der Waals surface area contributed by atoms with Crippen molar-refractivity contribution in [1.29, 1.82) is 0 Å². The van der Waals surface area contributed by atoms with Crippen molar-refractivity contribution in [3.63, 3.8) is 0 Å². The molecular formula is C13H20BrFN2O2S. The van der Waals surface area contributed by atoms with Crippen LogP contribution in [-0.2, 0) is 10.0 Å². The summed E-state index contributed by atoms with van der Waals surface area (Å²) in [4.78, 5) is 0. The minimum atomic E-state index is -3.50. The number of rotatable bonds is 8. The Morgan fingerprint density at radius 2 is 2.00 bits per heavy atom. The summed E-state index contributed by atoms with van der Waals surface area (Å²) in [5.41, 5.74) is -0.0199. The van der Waals surface area contributed by atoms with Gasteiger partial charge < -0.3 is 5.32 Å². The van der Waals surface area contributed by atoms with Gasteiger partial charge in [0, 0.05) is 10.5 Å². The topological polar surface area (TPSA) is 58.2 Å². The second-order valence-electron chi connectivity index (χ2n) is 4.86. The molecule has 1 aromatic carbocycles. The first-order valence-corrected chi connectivity index (χ1v) is 8.93. The largest absolute Gasteiger partial charge is 0.315 e. The summed E-state index contributed by atoms with van der Waals surface area (Å²) in [5, 5.41) is 3.22. The van der Waals surface area contributed by atoms with Crippen molar-refractivity contribution < 1.29 is 12.8 Å². The maximum absolute atomic E-state index is 13.5. The first kappa shape index (κ1) is 17.4. The monoisotopic (exact) mass is 366 g/mol. The Bertz CT molecular complexity index is 535. The summed E-state index contributed by atoms with van der Waals surface area (Å²) in [7, 11) is -3.50. The number of halogens is 2. The van der Waals surface area contributed by atoms with Crippen molar-refractivity contribution in [3.8, 4) is 0 Å². The summed E-state index contributed by atoms with van der Waals surface area (Å²) < 4.78 is 40.0. The van der Waals surface area contributed by atoms with Gasteiger partial charge in [0.2, 0.25) is 10.0 Å². The molecule has 114 valence electrons. The van der Waals surface area contributed by atoms with Crippen LogP contribution < -0.4 is 10.0 Å². The van der Waals surface area contributed by atoms with Gasteiger partial charge in [-0.2, -0.15) is 0 Å². The van der Waals surface area contributed by atoms with Crippen molar-refractivity contribution in [2.45, 2.75) is 32.7 Å². The van der Waals surface area contributed by atoms with E-state index < -0.39 is 15.8 Å². The Balaban J connectivity index is 2.45. The third-order valence-corrected chi connectivity index (χ3v) is 4.44. The van der Waals surface area contributed by atoms with Crippen molar-refractivity contribution >= 4 is 31.6 Å². The molecule has 0 saturated heterocycles. The molecule has 1 aromatic rings. The van der Waals surface area contributed by atoms with E-state index in [0.717, 1.165) is 13.0 Å². The first-order valence-electron chi connectivity index (χ1n) is 6.49. The van der Waals surface area contributed by atoms with Gasteiger partial charge >= 0.3 is 0 Å². The number of anilines is 1. The predicted molar refractivity (Wildman–Crippen MR) is 83.9 cm³/mol. The van der Waals surface area contributed by atoms with E-state index in [4.69, 9.17) is 0 Å². The van der Waals surface area contributed by atoms with Gasteiger partial charge in [-0.1, -0.05) is 29.8 Å². The maximum atomic E-state index is 13.5. The third-order valence-electron chi connectivity index (χ3n) is 2.59. The summed E-state index contributed by atoms with van der Waals surface area (Å²) >= 11 is 3.12. The smallest absolute Gasteiger partial charge is 0.232 e. The molecular weight excluding hydrogens is 347 g/mol. The average Bonchev–Trinajstić information content (AvgIpc) is 2.32. The molecule has 20 heavy (non-hydrogen) atoms. The minimum Gasteiger partial charge on any atom is -0.315 e. The second kappa shape index (κ2) is 7.95. The van der Waals surface area contributed by atoms with Crippen LogP contribution in [0, 0.1) is 5.82 Å². The Morgan fingerprint density at radius 3 is 2.60 bits per heavy atom. The van der Waals surface area contributed by atoms with Crippen molar-refractivity contribution in [3.05, 3.63) is 28.5 Å². The summed E-state index contributed by atoms with van der Waals surface area (Å²) in [6, 6.07) is 4.61. The van der Waals surface area contributed by atoms with Crippen molar-refractivity contribution in [2.24, 2.45) is 0 Å². The highest BCUT2D eigenvalue weighted by molar-refractivity contribution is 9.10. The molecule has 0 amide bonds. The molecule has 0 spiro atoms. The van der Waals surface area contributed by atoms with Gasteiger partial charge in [0.05, 0.1) is 11.4 Å². The second-order valence-corrected chi connectivity index (χ2v) is 7.62. The van der Waals surface area contributed by atoms with Gasteiger partial charge in [0.15, 0.2) is 0 Å². The lowest BCUT2D eigenvalue weighted by atomic mass is 10.3. The van der Waals surface area contributed by atoms with Crippen LogP contribution in [0.3, 0.4) is 0 Å². The van der Waals surface area contributed by atoms with E-state index in [9.17, 15) is 12.8 Å². The zero-order valence-electron chi connectivity index (χ0n) is 11.6. The molecule has 1 rings (SSSR count). The van der Waals surface area contributed by atoms with Gasteiger partial charge in [-0.15, -0.1) is 0 Å². The average molecular weight is 367 g/mol.